The quantitative estimate of drug-likeness (QED) is 0.579. The van der Waals surface area contributed by atoms with Gasteiger partial charge in [0.05, 0.1) is 6.10 Å². The van der Waals surface area contributed by atoms with E-state index >= 15 is 0 Å². The summed E-state index contributed by atoms with van der Waals surface area (Å²) < 4.78 is 4.85. The zero-order chi connectivity index (χ0) is 5.70. The normalized spacial score (nSPS) is 14.1. The largest absolute Gasteiger partial charge is 0.381 e. The van der Waals surface area contributed by atoms with Crippen molar-refractivity contribution in [1.29, 1.82) is 0 Å². The Morgan fingerprint density at radius 3 is 2.57 bits per heavy atom. The smallest absolute Gasteiger partial charge is 0.0580 e. The number of alkyl halides is 1. The van der Waals surface area contributed by atoms with Crippen LogP contribution in [0.3, 0.4) is 0 Å². The molecule has 0 saturated carbocycles. The van der Waals surface area contributed by atoms with E-state index in [0.717, 1.165) is 11.8 Å². The molecule has 0 aliphatic rings. The number of ether oxygens (including phenoxy) is 1. The second kappa shape index (κ2) is 4.60. The van der Waals surface area contributed by atoms with Crippen molar-refractivity contribution in [2.75, 3.05) is 12.4 Å². The predicted molar refractivity (Wildman–Crippen MR) is 34.6 cm³/mol. The van der Waals surface area contributed by atoms with E-state index in [-0.39, 0.29) is 6.10 Å². The Morgan fingerprint density at radius 2 is 2.43 bits per heavy atom. The number of hydrogen-bond acceptors (Lipinski definition) is 1. The molecule has 0 fully saturated rings. The van der Waals surface area contributed by atoms with Crippen LogP contribution >= 0.6 is 15.9 Å². The Bertz CT molecular complexity index is 39.1. The molecule has 0 bridgehead atoms. The molecule has 0 saturated heterocycles. The molecule has 0 rings (SSSR count). The van der Waals surface area contributed by atoms with Gasteiger partial charge in [0.1, 0.15) is 0 Å². The first-order valence-electron chi connectivity index (χ1n) is 2.23. The molecule has 7 heavy (non-hydrogen) atoms. The first kappa shape index (κ1) is 7.44. The van der Waals surface area contributed by atoms with Gasteiger partial charge >= 0.3 is 0 Å². The number of halogens is 1. The molecule has 0 spiro atoms. The third-order valence-corrected chi connectivity index (χ3v) is 1.22. The molecule has 0 aromatic heterocycles. The lowest BCUT2D eigenvalue weighted by atomic mass is 10.3. The van der Waals surface area contributed by atoms with Crippen LogP contribution in [0, 0.1) is 6.92 Å². The SMILES string of the molecule is [CH2]C(CCBr)OC. The van der Waals surface area contributed by atoms with Gasteiger partial charge in [0.2, 0.25) is 0 Å². The Labute approximate surface area is 53.2 Å². The fourth-order valence-electron chi connectivity index (χ4n) is 0.240. The van der Waals surface area contributed by atoms with Crippen LogP contribution in [0.25, 0.3) is 0 Å². The maximum Gasteiger partial charge on any atom is 0.0580 e. The minimum Gasteiger partial charge on any atom is -0.381 e. The standard InChI is InChI=1S/C5H10BrO/c1-5(7-2)3-4-6/h5H,1,3-4H2,2H3. The lowest BCUT2D eigenvalue weighted by Gasteiger charge is -2.03. The maximum atomic E-state index is 4.85. The van der Waals surface area contributed by atoms with Crippen molar-refractivity contribution < 1.29 is 4.74 Å². The Hall–Kier alpha value is 0.440. The summed E-state index contributed by atoms with van der Waals surface area (Å²) >= 11 is 3.27. The van der Waals surface area contributed by atoms with Gasteiger partial charge in [-0.05, 0) is 13.3 Å². The summed E-state index contributed by atoms with van der Waals surface area (Å²) in [5, 5.41) is 0.967. The summed E-state index contributed by atoms with van der Waals surface area (Å²) in [6.07, 6.45) is 1.13. The minimum absolute atomic E-state index is 0.152. The fourth-order valence-corrected chi connectivity index (χ4v) is 0.750. The van der Waals surface area contributed by atoms with Crippen LogP contribution in [-0.4, -0.2) is 18.5 Å². The van der Waals surface area contributed by atoms with Gasteiger partial charge in [0, 0.05) is 12.4 Å². The van der Waals surface area contributed by atoms with E-state index in [4.69, 9.17) is 4.74 Å². The Balaban J connectivity index is 2.83. The molecule has 0 amide bonds. The van der Waals surface area contributed by atoms with Crippen LogP contribution in [0.1, 0.15) is 6.42 Å². The van der Waals surface area contributed by atoms with Crippen molar-refractivity contribution in [1.82, 2.24) is 0 Å². The highest BCUT2D eigenvalue weighted by molar-refractivity contribution is 9.09. The first-order chi connectivity index (χ1) is 3.31. The predicted octanol–water partition coefficient (Wildman–Crippen LogP) is 1.62. The number of rotatable bonds is 3. The molecule has 43 valence electrons. The molecule has 1 radical (unpaired) electrons. The molecule has 0 aromatic carbocycles. The summed E-state index contributed by atoms with van der Waals surface area (Å²) in [5.41, 5.74) is 0. The molecule has 0 aromatic rings. The van der Waals surface area contributed by atoms with Gasteiger partial charge in [0.25, 0.3) is 0 Å². The zero-order valence-corrected chi connectivity index (χ0v) is 6.07. The lowest BCUT2D eigenvalue weighted by molar-refractivity contribution is 0.137. The molecular weight excluding hydrogens is 156 g/mol. The van der Waals surface area contributed by atoms with Gasteiger partial charge < -0.3 is 4.74 Å². The summed E-state index contributed by atoms with van der Waals surface area (Å²) in [6, 6.07) is 0. The third kappa shape index (κ3) is 4.29. The minimum atomic E-state index is 0.152. The summed E-state index contributed by atoms with van der Waals surface area (Å²) in [4.78, 5) is 0. The number of methoxy groups -OCH3 is 1. The van der Waals surface area contributed by atoms with Crippen LogP contribution in [0.2, 0.25) is 0 Å². The van der Waals surface area contributed by atoms with Crippen molar-refractivity contribution >= 4 is 15.9 Å². The van der Waals surface area contributed by atoms with E-state index in [2.05, 4.69) is 22.9 Å². The van der Waals surface area contributed by atoms with Gasteiger partial charge in [-0.1, -0.05) is 15.9 Å². The molecule has 0 aliphatic heterocycles. The van der Waals surface area contributed by atoms with Gasteiger partial charge in [-0.2, -0.15) is 0 Å². The molecule has 0 aliphatic carbocycles. The van der Waals surface area contributed by atoms with Crippen molar-refractivity contribution in [2.24, 2.45) is 0 Å². The summed E-state index contributed by atoms with van der Waals surface area (Å²) in [6.45, 7) is 3.69. The van der Waals surface area contributed by atoms with Gasteiger partial charge in [-0.3, -0.25) is 0 Å². The molecule has 1 atom stereocenters. The highest BCUT2D eigenvalue weighted by Gasteiger charge is 1.93. The fraction of sp³-hybridized carbons (Fsp3) is 0.800. The van der Waals surface area contributed by atoms with E-state index in [1.165, 1.54) is 0 Å². The average Bonchev–Trinajstić information content (AvgIpc) is 1.68. The highest BCUT2D eigenvalue weighted by atomic mass is 79.9. The van der Waals surface area contributed by atoms with Crippen molar-refractivity contribution in [3.63, 3.8) is 0 Å². The van der Waals surface area contributed by atoms with Gasteiger partial charge in [0.15, 0.2) is 0 Å². The van der Waals surface area contributed by atoms with Crippen molar-refractivity contribution in [3.8, 4) is 0 Å². The third-order valence-electron chi connectivity index (χ3n) is 0.764. The Kier molecular flexibility index (Phi) is 4.88. The van der Waals surface area contributed by atoms with E-state index in [9.17, 15) is 0 Å². The van der Waals surface area contributed by atoms with Crippen molar-refractivity contribution in [3.05, 3.63) is 6.92 Å². The van der Waals surface area contributed by atoms with Crippen LogP contribution in [0.4, 0.5) is 0 Å². The highest BCUT2D eigenvalue weighted by Crippen LogP contribution is 1.96. The zero-order valence-electron chi connectivity index (χ0n) is 4.48. The van der Waals surface area contributed by atoms with E-state index in [0.29, 0.717) is 0 Å². The molecule has 0 N–H and O–H groups in total. The number of hydrogen-bond donors (Lipinski definition) is 0. The second-order valence-corrected chi connectivity index (χ2v) is 2.13. The van der Waals surface area contributed by atoms with Crippen LogP contribution in [0.5, 0.6) is 0 Å². The summed E-state index contributed by atoms with van der Waals surface area (Å²) in [7, 11) is 1.67. The first-order valence-corrected chi connectivity index (χ1v) is 3.35. The molecule has 1 nitrogen and oxygen atoms in total. The maximum absolute atomic E-state index is 4.85. The average molecular weight is 166 g/mol. The molecule has 1 unspecified atom stereocenters. The van der Waals surface area contributed by atoms with Crippen LogP contribution < -0.4 is 0 Å². The van der Waals surface area contributed by atoms with E-state index in [1.54, 1.807) is 7.11 Å². The Morgan fingerprint density at radius 1 is 1.86 bits per heavy atom. The van der Waals surface area contributed by atoms with E-state index < -0.39 is 0 Å². The van der Waals surface area contributed by atoms with Crippen molar-refractivity contribution in [2.45, 2.75) is 12.5 Å². The van der Waals surface area contributed by atoms with E-state index in [1.807, 2.05) is 0 Å². The monoisotopic (exact) mass is 165 g/mol. The second-order valence-electron chi connectivity index (χ2n) is 1.34. The molecular formula is C5H10BrO. The molecule has 2 heteroatoms. The van der Waals surface area contributed by atoms with Crippen LogP contribution in [0.15, 0.2) is 0 Å². The van der Waals surface area contributed by atoms with Gasteiger partial charge in [-0.25, -0.2) is 0 Å². The van der Waals surface area contributed by atoms with Crippen LogP contribution in [-0.2, 0) is 4.74 Å². The summed E-state index contributed by atoms with van der Waals surface area (Å²) in [5.74, 6) is 0. The topological polar surface area (TPSA) is 9.23 Å². The van der Waals surface area contributed by atoms with Gasteiger partial charge in [-0.15, -0.1) is 0 Å². The molecule has 0 heterocycles. The lowest BCUT2D eigenvalue weighted by Crippen LogP contribution is -2.04.